The van der Waals surface area contributed by atoms with Crippen LogP contribution < -0.4 is 10.2 Å². The summed E-state index contributed by atoms with van der Waals surface area (Å²) in [5.74, 6) is 3.01. The molecule has 0 radical (unpaired) electrons. The van der Waals surface area contributed by atoms with Crippen LogP contribution in [0.2, 0.25) is 0 Å². The van der Waals surface area contributed by atoms with Crippen LogP contribution in [0.1, 0.15) is 37.9 Å². The highest BCUT2D eigenvalue weighted by Gasteiger charge is 2.30. The van der Waals surface area contributed by atoms with Gasteiger partial charge in [0.15, 0.2) is 0 Å². The number of hydrogen-bond acceptors (Lipinski definition) is 5. The number of H-pyrrole nitrogens is 1. The fourth-order valence-electron chi connectivity index (χ4n) is 3.29. The van der Waals surface area contributed by atoms with Gasteiger partial charge in [0.25, 0.3) is 0 Å². The van der Waals surface area contributed by atoms with Crippen LogP contribution in [-0.2, 0) is 4.74 Å². The summed E-state index contributed by atoms with van der Waals surface area (Å²) in [6.07, 6.45) is 3.72. The molecule has 112 valence electrons. The second-order valence-electron chi connectivity index (χ2n) is 5.98. The van der Waals surface area contributed by atoms with Crippen LogP contribution in [0.3, 0.4) is 0 Å². The molecule has 2 atom stereocenters. The van der Waals surface area contributed by atoms with E-state index in [2.05, 4.69) is 27.3 Å². The number of hydrogen-bond donors (Lipinski definition) is 2. The summed E-state index contributed by atoms with van der Waals surface area (Å²) in [5, 5.41) is 10.8. The maximum atomic E-state index is 5.61. The number of anilines is 1. The van der Waals surface area contributed by atoms with Crippen LogP contribution in [0.5, 0.6) is 0 Å². The molecule has 6 heteroatoms. The molecule has 3 rings (SSSR count). The second kappa shape index (κ2) is 6.10. The zero-order chi connectivity index (χ0) is 13.9. The van der Waals surface area contributed by atoms with E-state index in [4.69, 9.17) is 9.72 Å². The van der Waals surface area contributed by atoms with Gasteiger partial charge in [0.05, 0.1) is 6.10 Å². The summed E-state index contributed by atoms with van der Waals surface area (Å²) < 4.78 is 5.61. The second-order valence-corrected chi connectivity index (χ2v) is 5.98. The monoisotopic (exact) mass is 279 g/mol. The third-order valence-corrected chi connectivity index (χ3v) is 4.61. The van der Waals surface area contributed by atoms with Gasteiger partial charge in [0, 0.05) is 25.6 Å². The third-order valence-electron chi connectivity index (χ3n) is 4.61. The molecule has 0 aromatic carbocycles. The van der Waals surface area contributed by atoms with Crippen molar-refractivity contribution >= 4 is 5.95 Å². The van der Waals surface area contributed by atoms with Gasteiger partial charge in [0.2, 0.25) is 5.95 Å². The fourth-order valence-corrected chi connectivity index (χ4v) is 3.29. The van der Waals surface area contributed by atoms with E-state index in [9.17, 15) is 0 Å². The van der Waals surface area contributed by atoms with Crippen LogP contribution in [-0.4, -0.2) is 54.6 Å². The molecule has 0 bridgehead atoms. The van der Waals surface area contributed by atoms with Gasteiger partial charge in [-0.1, -0.05) is 0 Å². The van der Waals surface area contributed by atoms with Crippen LogP contribution in [0.15, 0.2) is 0 Å². The van der Waals surface area contributed by atoms with Gasteiger partial charge in [-0.05, 0) is 45.7 Å². The topological polar surface area (TPSA) is 66.1 Å². The van der Waals surface area contributed by atoms with Gasteiger partial charge in [-0.2, -0.15) is 4.98 Å². The zero-order valence-corrected chi connectivity index (χ0v) is 12.4. The fraction of sp³-hybridized carbons (Fsp3) is 0.857. The molecular weight excluding hydrogens is 254 g/mol. The molecule has 2 aliphatic rings. The lowest BCUT2D eigenvalue weighted by molar-refractivity contribution is 0.117. The highest BCUT2D eigenvalue weighted by atomic mass is 16.5. The number of aromatic amines is 1. The zero-order valence-electron chi connectivity index (χ0n) is 12.4. The largest absolute Gasteiger partial charge is 0.378 e. The Labute approximate surface area is 120 Å². The number of ether oxygens (including phenoxy) is 1. The van der Waals surface area contributed by atoms with E-state index in [0.717, 1.165) is 50.4 Å². The summed E-state index contributed by atoms with van der Waals surface area (Å²) in [6.45, 7) is 6.17. The van der Waals surface area contributed by atoms with E-state index in [1.54, 1.807) is 0 Å². The molecular formula is C14H25N5O. The maximum absolute atomic E-state index is 5.61. The summed E-state index contributed by atoms with van der Waals surface area (Å²) in [7, 11) is 2.03. The van der Waals surface area contributed by atoms with Crippen molar-refractivity contribution in [2.75, 3.05) is 38.2 Å². The van der Waals surface area contributed by atoms with Gasteiger partial charge >= 0.3 is 0 Å². The molecule has 2 unspecified atom stereocenters. The molecule has 2 fully saturated rings. The lowest BCUT2D eigenvalue weighted by Crippen LogP contribution is -2.37. The number of aromatic nitrogens is 3. The molecule has 2 aliphatic heterocycles. The van der Waals surface area contributed by atoms with E-state index < -0.39 is 0 Å². The van der Waals surface area contributed by atoms with Crippen LogP contribution in [0.25, 0.3) is 0 Å². The first-order chi connectivity index (χ1) is 9.78. The Kier molecular flexibility index (Phi) is 4.21. The molecule has 2 saturated heterocycles. The van der Waals surface area contributed by atoms with Crippen molar-refractivity contribution in [3.63, 3.8) is 0 Å². The van der Waals surface area contributed by atoms with Crippen molar-refractivity contribution in [1.82, 2.24) is 20.5 Å². The third kappa shape index (κ3) is 2.81. The van der Waals surface area contributed by atoms with Crippen molar-refractivity contribution in [3.8, 4) is 0 Å². The van der Waals surface area contributed by atoms with Gasteiger partial charge in [-0.25, -0.2) is 0 Å². The molecule has 20 heavy (non-hydrogen) atoms. The molecule has 0 amide bonds. The lowest BCUT2D eigenvalue weighted by atomic mass is 9.97. The molecule has 0 spiro atoms. The smallest absolute Gasteiger partial charge is 0.244 e. The normalized spacial score (nSPS) is 28.2. The average molecular weight is 279 g/mol. The Morgan fingerprint density at radius 2 is 2.15 bits per heavy atom. The average Bonchev–Trinajstić information content (AvgIpc) is 3.08. The highest BCUT2D eigenvalue weighted by Crippen LogP contribution is 2.30. The van der Waals surface area contributed by atoms with Gasteiger partial charge in [0.1, 0.15) is 5.82 Å². The molecule has 0 aliphatic carbocycles. The number of nitrogens with one attached hydrogen (secondary N) is 2. The Hall–Kier alpha value is -1.14. The Balaban J connectivity index is 1.60. The minimum atomic E-state index is 0.247. The Morgan fingerprint density at radius 3 is 2.80 bits per heavy atom. The van der Waals surface area contributed by atoms with Crippen molar-refractivity contribution in [2.24, 2.45) is 5.92 Å². The molecule has 3 heterocycles. The Bertz CT molecular complexity index is 427. The highest BCUT2D eigenvalue weighted by molar-refractivity contribution is 5.30. The summed E-state index contributed by atoms with van der Waals surface area (Å²) in [5.41, 5.74) is 0. The maximum Gasteiger partial charge on any atom is 0.244 e. The first-order valence-electron chi connectivity index (χ1n) is 7.71. The predicted molar refractivity (Wildman–Crippen MR) is 78.0 cm³/mol. The number of rotatable bonds is 4. The first kappa shape index (κ1) is 13.8. The standard InChI is InChI=1S/C14H25N5O/c1-10-12(5-8-20-10)13-16-14(18-17-13)19-6-3-11(4-7-19)9-15-2/h10-12,15H,3-9H2,1-2H3,(H,16,17,18). The number of nitrogens with zero attached hydrogens (tertiary/aromatic N) is 3. The van der Waals surface area contributed by atoms with Crippen molar-refractivity contribution in [1.29, 1.82) is 0 Å². The molecule has 1 aromatic heterocycles. The van der Waals surface area contributed by atoms with Crippen molar-refractivity contribution < 1.29 is 4.74 Å². The Morgan fingerprint density at radius 1 is 1.35 bits per heavy atom. The van der Waals surface area contributed by atoms with E-state index in [-0.39, 0.29) is 6.10 Å². The van der Waals surface area contributed by atoms with Crippen molar-refractivity contribution in [2.45, 2.75) is 38.2 Å². The summed E-state index contributed by atoms with van der Waals surface area (Å²) in [4.78, 5) is 7.00. The SMILES string of the molecule is CNCC1CCN(c2n[nH]c(C3CCOC3C)n2)CC1. The van der Waals surface area contributed by atoms with E-state index in [1.165, 1.54) is 12.8 Å². The molecule has 1 aromatic rings. The van der Waals surface area contributed by atoms with Gasteiger partial charge in [-0.3, -0.25) is 5.10 Å². The lowest BCUT2D eigenvalue weighted by Gasteiger charge is -2.31. The van der Waals surface area contributed by atoms with Gasteiger partial charge < -0.3 is 15.0 Å². The summed E-state index contributed by atoms with van der Waals surface area (Å²) in [6, 6.07) is 0. The van der Waals surface area contributed by atoms with Gasteiger partial charge in [-0.15, -0.1) is 5.10 Å². The van der Waals surface area contributed by atoms with E-state index >= 15 is 0 Å². The summed E-state index contributed by atoms with van der Waals surface area (Å²) >= 11 is 0. The number of piperidine rings is 1. The van der Waals surface area contributed by atoms with E-state index in [1.807, 2.05) is 7.05 Å². The van der Waals surface area contributed by atoms with Crippen LogP contribution in [0, 0.1) is 5.92 Å². The first-order valence-corrected chi connectivity index (χ1v) is 7.71. The molecule has 2 N–H and O–H groups in total. The predicted octanol–water partition coefficient (Wildman–Crippen LogP) is 1.13. The minimum Gasteiger partial charge on any atom is -0.378 e. The minimum absolute atomic E-state index is 0.247. The molecule has 0 saturated carbocycles. The molecule has 6 nitrogen and oxygen atoms in total. The van der Waals surface area contributed by atoms with Crippen molar-refractivity contribution in [3.05, 3.63) is 5.82 Å². The quantitative estimate of drug-likeness (QED) is 0.865. The van der Waals surface area contributed by atoms with Crippen LogP contribution in [0.4, 0.5) is 5.95 Å². The van der Waals surface area contributed by atoms with E-state index in [0.29, 0.717) is 5.92 Å². The van der Waals surface area contributed by atoms with Crippen LogP contribution >= 0.6 is 0 Å².